The summed E-state index contributed by atoms with van der Waals surface area (Å²) in [5.74, 6) is -5.35. The molecular formula is C20H30N2O10. The number of hydrogen-bond acceptors (Lipinski definition) is 9. The predicted molar refractivity (Wildman–Crippen MR) is 107 cm³/mol. The summed E-state index contributed by atoms with van der Waals surface area (Å²) in [6, 6.07) is -1.40. The Morgan fingerprint density at radius 2 is 1.19 bits per heavy atom. The average Bonchev–Trinajstić information content (AvgIpc) is 3.40. The van der Waals surface area contributed by atoms with Crippen LogP contribution >= 0.6 is 0 Å². The lowest BCUT2D eigenvalue weighted by atomic mass is 10.2. The lowest BCUT2D eigenvalue weighted by Gasteiger charge is -2.24. The van der Waals surface area contributed by atoms with Gasteiger partial charge in [-0.1, -0.05) is 0 Å². The largest absolute Gasteiger partial charge is 0.474 e. The van der Waals surface area contributed by atoms with Crippen molar-refractivity contribution in [2.45, 2.75) is 64.1 Å². The molecule has 0 radical (unpaired) electrons. The molecule has 1 N–H and O–H groups in total. The minimum atomic E-state index is -1.54. The van der Waals surface area contributed by atoms with Crippen LogP contribution in [0, 0.1) is 0 Å². The fourth-order valence-electron chi connectivity index (χ4n) is 3.34. The van der Waals surface area contributed by atoms with E-state index in [4.69, 9.17) is 9.84 Å². The zero-order chi connectivity index (χ0) is 24.6. The number of methoxy groups -OCH3 is 2. The molecule has 0 aromatic rings. The predicted octanol–water partition coefficient (Wildman–Crippen LogP) is -0.273. The van der Waals surface area contributed by atoms with E-state index in [0.717, 1.165) is 4.90 Å². The van der Waals surface area contributed by atoms with Crippen molar-refractivity contribution < 1.29 is 48.1 Å². The third kappa shape index (κ3) is 7.20. The number of rotatable bonds is 2. The van der Waals surface area contributed by atoms with Crippen molar-refractivity contribution in [1.29, 1.82) is 0 Å². The molecule has 0 bridgehead atoms. The number of amides is 2. The van der Waals surface area contributed by atoms with E-state index in [-0.39, 0.29) is 0 Å². The summed E-state index contributed by atoms with van der Waals surface area (Å²) >= 11 is 0. The quantitative estimate of drug-likeness (QED) is 0.332. The van der Waals surface area contributed by atoms with E-state index in [1.807, 2.05) is 0 Å². The summed E-state index contributed by atoms with van der Waals surface area (Å²) in [5, 5.41) is 8.47. The molecule has 180 valence electrons. The van der Waals surface area contributed by atoms with E-state index in [9.17, 15) is 28.8 Å². The standard InChI is InChI=1S/C12H19NO5.C8H11NO5/c1-12(2,3)18-11(16)9(14)13-7-5-6-8(13)10(15)17-4;1-14-8(13)5-3-2-4-9(5)6(10)7(11)12/h8H,5-7H2,1-4H3;5H,2-4H2,1H3,(H,11,12)/t8-;5-/m00/s1. The smallest absolute Gasteiger partial charge is 0.397 e. The fourth-order valence-corrected chi connectivity index (χ4v) is 3.34. The number of aliphatic carboxylic acids is 1. The average molecular weight is 458 g/mol. The molecule has 2 aliphatic heterocycles. The Kier molecular flexibility index (Phi) is 9.60. The van der Waals surface area contributed by atoms with Crippen LogP contribution in [0.4, 0.5) is 0 Å². The topological polar surface area (TPSA) is 157 Å². The van der Waals surface area contributed by atoms with Crippen LogP contribution in [0.15, 0.2) is 0 Å². The van der Waals surface area contributed by atoms with Crippen molar-refractivity contribution in [3.8, 4) is 0 Å². The number of carboxylic acid groups (broad SMARTS) is 1. The molecule has 2 rings (SSSR count). The van der Waals surface area contributed by atoms with Gasteiger partial charge in [0.05, 0.1) is 14.2 Å². The Bertz CT molecular complexity index is 758. The van der Waals surface area contributed by atoms with Gasteiger partial charge in [-0.05, 0) is 46.5 Å². The van der Waals surface area contributed by atoms with Crippen molar-refractivity contribution in [2.75, 3.05) is 27.3 Å². The number of carbonyl (C=O) groups excluding carboxylic acids is 5. The van der Waals surface area contributed by atoms with Gasteiger partial charge in [0.1, 0.15) is 17.7 Å². The van der Waals surface area contributed by atoms with Crippen molar-refractivity contribution in [3.63, 3.8) is 0 Å². The van der Waals surface area contributed by atoms with E-state index in [1.165, 1.54) is 19.1 Å². The normalized spacial score (nSPS) is 20.0. The molecule has 0 aliphatic carbocycles. The summed E-state index contributed by atoms with van der Waals surface area (Å²) in [6.07, 6.45) is 2.28. The molecule has 0 aromatic carbocycles. The van der Waals surface area contributed by atoms with Crippen LogP contribution < -0.4 is 0 Å². The van der Waals surface area contributed by atoms with Gasteiger partial charge in [-0.25, -0.2) is 19.2 Å². The number of likely N-dealkylation sites (tertiary alicyclic amines) is 2. The molecule has 12 nitrogen and oxygen atoms in total. The number of nitrogens with zero attached hydrogens (tertiary/aromatic N) is 2. The zero-order valence-electron chi connectivity index (χ0n) is 18.9. The monoisotopic (exact) mass is 458 g/mol. The summed E-state index contributed by atoms with van der Waals surface area (Å²) in [7, 11) is 2.47. The summed E-state index contributed by atoms with van der Waals surface area (Å²) in [4.78, 5) is 69.9. The van der Waals surface area contributed by atoms with Gasteiger partial charge in [0.25, 0.3) is 0 Å². The first-order chi connectivity index (χ1) is 14.8. The van der Waals surface area contributed by atoms with Gasteiger partial charge in [-0.15, -0.1) is 0 Å². The van der Waals surface area contributed by atoms with Crippen LogP contribution in [0.25, 0.3) is 0 Å². The van der Waals surface area contributed by atoms with Gasteiger partial charge >= 0.3 is 35.7 Å². The number of esters is 3. The lowest BCUT2D eigenvalue weighted by molar-refractivity contribution is -0.170. The molecule has 2 heterocycles. The van der Waals surface area contributed by atoms with Crippen LogP contribution in [0.5, 0.6) is 0 Å². The third-order valence-corrected chi connectivity index (χ3v) is 4.73. The first kappa shape index (κ1) is 26.9. The number of carboxylic acids is 1. The first-order valence-corrected chi connectivity index (χ1v) is 10.1. The van der Waals surface area contributed by atoms with Crippen molar-refractivity contribution in [1.82, 2.24) is 9.80 Å². The lowest BCUT2D eigenvalue weighted by Crippen LogP contribution is -2.46. The molecule has 2 amide bonds. The Hall–Kier alpha value is -3.18. The molecule has 0 unspecified atom stereocenters. The van der Waals surface area contributed by atoms with Crippen LogP contribution in [-0.4, -0.2) is 95.6 Å². The number of carbonyl (C=O) groups is 6. The van der Waals surface area contributed by atoms with E-state index >= 15 is 0 Å². The molecule has 12 heteroatoms. The first-order valence-electron chi connectivity index (χ1n) is 10.1. The maximum atomic E-state index is 11.9. The van der Waals surface area contributed by atoms with Gasteiger partial charge in [0.15, 0.2) is 0 Å². The molecule has 0 spiro atoms. The maximum absolute atomic E-state index is 11.9. The van der Waals surface area contributed by atoms with Crippen molar-refractivity contribution in [2.24, 2.45) is 0 Å². The Balaban J connectivity index is 0.000000330. The van der Waals surface area contributed by atoms with Crippen LogP contribution in [0.1, 0.15) is 46.5 Å². The van der Waals surface area contributed by atoms with Gasteiger partial charge in [0.2, 0.25) is 0 Å². The minimum Gasteiger partial charge on any atom is -0.474 e. The van der Waals surface area contributed by atoms with Crippen LogP contribution in [0.3, 0.4) is 0 Å². The highest BCUT2D eigenvalue weighted by molar-refractivity contribution is 6.33. The van der Waals surface area contributed by atoms with E-state index in [2.05, 4.69) is 9.47 Å². The van der Waals surface area contributed by atoms with Crippen molar-refractivity contribution >= 4 is 35.7 Å². The van der Waals surface area contributed by atoms with Gasteiger partial charge in [-0.2, -0.15) is 0 Å². The van der Waals surface area contributed by atoms with Crippen molar-refractivity contribution in [3.05, 3.63) is 0 Å². The van der Waals surface area contributed by atoms with E-state index < -0.39 is 53.4 Å². The molecule has 2 saturated heterocycles. The molecule has 32 heavy (non-hydrogen) atoms. The Morgan fingerprint density at radius 3 is 1.53 bits per heavy atom. The molecule has 2 atom stereocenters. The number of ether oxygens (including phenoxy) is 3. The Labute approximate surface area is 185 Å². The SMILES string of the molecule is COC(=O)[C@@H]1CCCN1C(=O)C(=O)O.COC(=O)[C@@H]1CCCN1C(=O)C(=O)OC(C)(C)C. The second kappa shape index (κ2) is 11.4. The van der Waals surface area contributed by atoms with E-state index in [0.29, 0.717) is 38.8 Å². The molecule has 2 fully saturated rings. The fraction of sp³-hybridized carbons (Fsp3) is 0.700. The second-order valence-electron chi connectivity index (χ2n) is 8.17. The molecule has 2 aliphatic rings. The van der Waals surface area contributed by atoms with Gasteiger partial charge < -0.3 is 29.1 Å². The molecule has 0 saturated carbocycles. The number of hydrogen-bond donors (Lipinski definition) is 1. The second-order valence-corrected chi connectivity index (χ2v) is 8.17. The molecule has 0 aromatic heterocycles. The summed E-state index contributed by atoms with van der Waals surface area (Å²) < 4.78 is 14.1. The van der Waals surface area contributed by atoms with Crippen LogP contribution in [0.2, 0.25) is 0 Å². The highest BCUT2D eigenvalue weighted by atomic mass is 16.6. The minimum absolute atomic E-state index is 0.297. The maximum Gasteiger partial charge on any atom is 0.397 e. The van der Waals surface area contributed by atoms with Gasteiger partial charge in [-0.3, -0.25) is 9.59 Å². The molecular weight excluding hydrogens is 428 g/mol. The van der Waals surface area contributed by atoms with E-state index in [1.54, 1.807) is 20.8 Å². The summed E-state index contributed by atoms with van der Waals surface area (Å²) in [6.45, 7) is 5.71. The Morgan fingerprint density at radius 1 is 0.781 bits per heavy atom. The highest BCUT2D eigenvalue weighted by Crippen LogP contribution is 2.20. The highest BCUT2D eigenvalue weighted by Gasteiger charge is 2.39. The third-order valence-electron chi connectivity index (χ3n) is 4.73. The zero-order valence-corrected chi connectivity index (χ0v) is 18.9. The summed E-state index contributed by atoms with van der Waals surface area (Å²) in [5.41, 5.74) is -0.729. The van der Waals surface area contributed by atoms with Gasteiger partial charge in [0, 0.05) is 13.1 Å². The van der Waals surface area contributed by atoms with Crippen LogP contribution in [-0.2, 0) is 43.0 Å².